The lowest BCUT2D eigenvalue weighted by Gasteiger charge is -2.27. The number of alkyl halides is 7. The fourth-order valence-electron chi connectivity index (χ4n) is 2.27. The van der Waals surface area contributed by atoms with E-state index in [1.165, 1.54) is 12.1 Å². The standard InChI is InChI=1S/C19H15BrClF7N2O2/c1-2-31-15-8-11(9-29-30-19(27,28)17(22,23)18(24,25)26)7-13(20)16(15)32-10-12-5-3-4-6-14(12)21/h3-9,30H,2,10H2,1H3/b29-9-. The van der Waals surface area contributed by atoms with Crippen LogP contribution in [0.4, 0.5) is 30.7 Å². The summed E-state index contributed by atoms with van der Waals surface area (Å²) in [6.45, 7) is 1.91. The maximum absolute atomic E-state index is 13.3. The summed E-state index contributed by atoms with van der Waals surface area (Å²) in [5.74, 6) is -5.96. The highest BCUT2D eigenvalue weighted by molar-refractivity contribution is 9.10. The fraction of sp³-hybridized carbons (Fsp3) is 0.316. The van der Waals surface area contributed by atoms with E-state index in [9.17, 15) is 30.7 Å². The third-order valence-corrected chi connectivity index (χ3v) is 4.79. The molecule has 2 rings (SSSR count). The molecule has 0 heterocycles. The van der Waals surface area contributed by atoms with Gasteiger partial charge in [0.2, 0.25) is 0 Å². The second kappa shape index (κ2) is 10.2. The molecule has 32 heavy (non-hydrogen) atoms. The first-order valence-corrected chi connectivity index (χ1v) is 9.92. The Hall–Kier alpha value is -2.21. The van der Waals surface area contributed by atoms with Crippen LogP contribution in [0.15, 0.2) is 46.0 Å². The number of hydrazone groups is 1. The first kappa shape index (κ1) is 26.0. The van der Waals surface area contributed by atoms with E-state index in [4.69, 9.17) is 21.1 Å². The molecular weight excluding hydrogens is 537 g/mol. The molecule has 0 atom stereocenters. The van der Waals surface area contributed by atoms with Crippen LogP contribution in [0.2, 0.25) is 5.02 Å². The van der Waals surface area contributed by atoms with Gasteiger partial charge in [-0.3, -0.25) is 0 Å². The molecule has 13 heteroatoms. The Morgan fingerprint density at radius 3 is 2.31 bits per heavy atom. The monoisotopic (exact) mass is 550 g/mol. The highest BCUT2D eigenvalue weighted by atomic mass is 79.9. The number of nitrogens with zero attached hydrogens (tertiary/aromatic N) is 1. The zero-order valence-corrected chi connectivity index (χ0v) is 18.5. The number of benzene rings is 2. The van der Waals surface area contributed by atoms with Gasteiger partial charge in [-0.25, -0.2) is 5.43 Å². The van der Waals surface area contributed by atoms with Gasteiger partial charge in [0.15, 0.2) is 11.5 Å². The molecule has 1 N–H and O–H groups in total. The highest BCUT2D eigenvalue weighted by Crippen LogP contribution is 2.45. The molecule has 0 aliphatic rings. The quantitative estimate of drug-likeness (QED) is 0.161. The third kappa shape index (κ3) is 5.97. The number of nitrogens with one attached hydrogen (secondary N) is 1. The summed E-state index contributed by atoms with van der Waals surface area (Å²) in [4.78, 5) is 0. The molecule has 2 aromatic rings. The molecule has 0 saturated carbocycles. The van der Waals surface area contributed by atoms with E-state index in [0.717, 1.165) is 0 Å². The number of rotatable bonds is 9. The Labute approximate surface area is 191 Å². The molecule has 0 saturated heterocycles. The van der Waals surface area contributed by atoms with Gasteiger partial charge >= 0.3 is 18.1 Å². The van der Waals surface area contributed by atoms with Crippen LogP contribution in [-0.2, 0) is 6.61 Å². The van der Waals surface area contributed by atoms with Crippen molar-refractivity contribution in [1.29, 1.82) is 0 Å². The summed E-state index contributed by atoms with van der Waals surface area (Å²) in [6, 6.07) is 3.83. The van der Waals surface area contributed by atoms with Gasteiger partial charge in [0, 0.05) is 10.6 Å². The van der Waals surface area contributed by atoms with Crippen LogP contribution >= 0.6 is 27.5 Å². The maximum atomic E-state index is 13.3. The van der Waals surface area contributed by atoms with Gasteiger partial charge in [-0.05, 0) is 46.6 Å². The van der Waals surface area contributed by atoms with Crippen LogP contribution in [0.5, 0.6) is 11.5 Å². The van der Waals surface area contributed by atoms with Gasteiger partial charge < -0.3 is 9.47 Å². The average molecular weight is 552 g/mol. The van der Waals surface area contributed by atoms with E-state index in [0.29, 0.717) is 22.2 Å². The molecule has 176 valence electrons. The van der Waals surface area contributed by atoms with Gasteiger partial charge in [0.25, 0.3) is 0 Å². The van der Waals surface area contributed by atoms with E-state index in [2.05, 4.69) is 21.0 Å². The first-order valence-electron chi connectivity index (χ1n) is 8.75. The number of ether oxygens (including phenoxy) is 2. The second-order valence-electron chi connectivity index (χ2n) is 6.16. The second-order valence-corrected chi connectivity index (χ2v) is 7.42. The molecule has 0 unspecified atom stereocenters. The van der Waals surface area contributed by atoms with Crippen molar-refractivity contribution in [3.8, 4) is 11.5 Å². The van der Waals surface area contributed by atoms with Crippen molar-refractivity contribution in [1.82, 2.24) is 5.43 Å². The zero-order chi connectivity index (χ0) is 24.2. The summed E-state index contributed by atoms with van der Waals surface area (Å²) < 4.78 is 100. The van der Waals surface area contributed by atoms with Crippen LogP contribution in [0.1, 0.15) is 18.1 Å². The van der Waals surface area contributed by atoms with Crippen molar-refractivity contribution in [3.05, 3.63) is 57.0 Å². The fourth-order valence-corrected chi connectivity index (χ4v) is 3.03. The molecule has 0 aliphatic heterocycles. The molecule has 2 aromatic carbocycles. The van der Waals surface area contributed by atoms with Gasteiger partial charge in [-0.2, -0.15) is 35.8 Å². The van der Waals surface area contributed by atoms with E-state index >= 15 is 0 Å². The zero-order valence-electron chi connectivity index (χ0n) is 16.1. The topological polar surface area (TPSA) is 42.8 Å². The molecule has 0 aliphatic carbocycles. The minimum Gasteiger partial charge on any atom is -0.490 e. The van der Waals surface area contributed by atoms with Gasteiger partial charge in [0.05, 0.1) is 17.3 Å². The predicted molar refractivity (Wildman–Crippen MR) is 108 cm³/mol. The maximum Gasteiger partial charge on any atom is 0.462 e. The van der Waals surface area contributed by atoms with Crippen LogP contribution in [0.25, 0.3) is 0 Å². The van der Waals surface area contributed by atoms with Crippen molar-refractivity contribution >= 4 is 33.7 Å². The van der Waals surface area contributed by atoms with Crippen LogP contribution in [-0.4, -0.2) is 31.0 Å². The van der Waals surface area contributed by atoms with Crippen LogP contribution in [0.3, 0.4) is 0 Å². The summed E-state index contributed by atoms with van der Waals surface area (Å²) in [7, 11) is 0. The van der Waals surface area contributed by atoms with Crippen molar-refractivity contribution in [2.75, 3.05) is 6.61 Å². The average Bonchev–Trinajstić information content (AvgIpc) is 2.67. The summed E-state index contributed by atoms with van der Waals surface area (Å²) in [6.07, 6.45) is -5.84. The third-order valence-electron chi connectivity index (χ3n) is 3.83. The Morgan fingerprint density at radius 1 is 1.06 bits per heavy atom. The highest BCUT2D eigenvalue weighted by Gasteiger charge is 2.73. The Balaban J connectivity index is 2.22. The van der Waals surface area contributed by atoms with Crippen molar-refractivity contribution in [2.24, 2.45) is 5.10 Å². The molecule has 0 aromatic heterocycles. The lowest BCUT2D eigenvalue weighted by Crippen LogP contribution is -2.58. The largest absolute Gasteiger partial charge is 0.490 e. The predicted octanol–water partition coefficient (Wildman–Crippen LogP) is 6.79. The summed E-state index contributed by atoms with van der Waals surface area (Å²) >= 11 is 9.29. The normalized spacial score (nSPS) is 12.8. The number of hydrogen-bond acceptors (Lipinski definition) is 4. The Bertz CT molecular complexity index is 971. The number of halogens is 9. The lowest BCUT2D eigenvalue weighted by molar-refractivity contribution is -0.361. The van der Waals surface area contributed by atoms with E-state index in [-0.39, 0.29) is 34.7 Å². The van der Waals surface area contributed by atoms with Crippen molar-refractivity contribution < 1.29 is 40.2 Å². The first-order chi connectivity index (χ1) is 14.8. The molecule has 4 nitrogen and oxygen atoms in total. The molecular formula is C19H15BrClF7N2O2. The van der Waals surface area contributed by atoms with Crippen molar-refractivity contribution in [2.45, 2.75) is 31.7 Å². The minimum absolute atomic E-state index is 0.0454. The molecule has 0 spiro atoms. The van der Waals surface area contributed by atoms with Gasteiger partial charge in [0.1, 0.15) is 6.61 Å². The van der Waals surface area contributed by atoms with Crippen molar-refractivity contribution in [3.63, 3.8) is 0 Å². The molecule has 0 bridgehead atoms. The lowest BCUT2D eigenvalue weighted by atomic mass is 10.2. The SMILES string of the molecule is CCOc1cc(/C=N\NC(F)(F)C(F)(F)C(F)(F)F)cc(Br)c1OCc1ccccc1Cl. The smallest absolute Gasteiger partial charge is 0.462 e. The van der Waals surface area contributed by atoms with E-state index < -0.39 is 18.1 Å². The summed E-state index contributed by atoms with van der Waals surface area (Å²) in [5, 5.41) is 3.30. The minimum atomic E-state index is -6.47. The Morgan fingerprint density at radius 2 is 1.72 bits per heavy atom. The van der Waals surface area contributed by atoms with E-state index in [1.807, 2.05) is 0 Å². The summed E-state index contributed by atoms with van der Waals surface area (Å²) in [5.41, 5.74) is 1.27. The Kier molecular flexibility index (Phi) is 8.27. The number of hydrogen-bond donors (Lipinski definition) is 1. The van der Waals surface area contributed by atoms with Crippen LogP contribution in [0, 0.1) is 0 Å². The van der Waals surface area contributed by atoms with Crippen LogP contribution < -0.4 is 14.9 Å². The molecule has 0 amide bonds. The van der Waals surface area contributed by atoms with Gasteiger partial charge in [-0.1, -0.05) is 29.8 Å². The van der Waals surface area contributed by atoms with E-state index in [1.54, 1.807) is 31.2 Å². The molecule has 0 fully saturated rings. The van der Waals surface area contributed by atoms with Gasteiger partial charge in [-0.15, -0.1) is 0 Å². The molecule has 0 radical (unpaired) electrons.